The Morgan fingerprint density at radius 1 is 1.38 bits per heavy atom. The van der Waals surface area contributed by atoms with Crippen LogP contribution in [0.15, 0.2) is 24.3 Å². The van der Waals surface area contributed by atoms with Crippen LogP contribution in [0.3, 0.4) is 0 Å². The Morgan fingerprint density at radius 3 is 2.77 bits per heavy atom. The van der Waals surface area contributed by atoms with Gasteiger partial charge >= 0.3 is 84.1 Å². The van der Waals surface area contributed by atoms with E-state index in [4.69, 9.17) is 10.5 Å². The van der Waals surface area contributed by atoms with Gasteiger partial charge in [-0.3, -0.25) is 0 Å². The molecule has 2 nitrogen and oxygen atoms in total. The van der Waals surface area contributed by atoms with E-state index in [0.717, 1.165) is 12.4 Å². The third-order valence-electron chi connectivity index (χ3n) is 1.64. The van der Waals surface area contributed by atoms with Crippen molar-refractivity contribution < 1.29 is 4.74 Å². The van der Waals surface area contributed by atoms with Gasteiger partial charge in [-0.05, 0) is 0 Å². The summed E-state index contributed by atoms with van der Waals surface area (Å²) in [5.41, 5.74) is 12.5. The molecule has 0 saturated heterocycles. The first-order valence-corrected chi connectivity index (χ1v) is 9.35. The SMILES string of the molecule is C[As](C)CCOc1cccc([NH])c1. The Morgan fingerprint density at radius 2 is 2.15 bits per heavy atom. The molecular formula is C10H15AsNO. The second-order valence-corrected chi connectivity index (χ2v) is 8.65. The summed E-state index contributed by atoms with van der Waals surface area (Å²) in [7, 11) is 0. The summed E-state index contributed by atoms with van der Waals surface area (Å²) in [5, 5.41) is 1.20. The molecule has 0 aromatic heterocycles. The van der Waals surface area contributed by atoms with Crippen LogP contribution in [0.2, 0.25) is 16.6 Å². The first-order valence-electron chi connectivity index (χ1n) is 4.27. The fourth-order valence-corrected chi connectivity index (χ4v) is 1.89. The zero-order valence-corrected chi connectivity index (χ0v) is 9.96. The van der Waals surface area contributed by atoms with E-state index in [0.29, 0.717) is 5.69 Å². The maximum atomic E-state index is 7.38. The second-order valence-electron chi connectivity index (χ2n) is 3.18. The van der Waals surface area contributed by atoms with Gasteiger partial charge in [-0.25, -0.2) is 0 Å². The Labute approximate surface area is 84.3 Å². The summed E-state index contributed by atoms with van der Waals surface area (Å²) >= 11 is -0.554. The van der Waals surface area contributed by atoms with Gasteiger partial charge in [-0.2, -0.15) is 0 Å². The van der Waals surface area contributed by atoms with Gasteiger partial charge in [0.25, 0.3) is 0 Å². The summed E-state index contributed by atoms with van der Waals surface area (Å²) in [6, 6.07) is 7.26. The summed E-state index contributed by atoms with van der Waals surface area (Å²) in [6.45, 7) is 0.802. The summed E-state index contributed by atoms with van der Waals surface area (Å²) < 4.78 is 5.51. The van der Waals surface area contributed by atoms with Crippen molar-refractivity contribution in [2.75, 3.05) is 6.61 Å². The number of benzene rings is 1. The molecule has 1 radical (unpaired) electrons. The van der Waals surface area contributed by atoms with E-state index in [1.54, 1.807) is 12.1 Å². The predicted octanol–water partition coefficient (Wildman–Crippen LogP) is 2.73. The Kier molecular flexibility index (Phi) is 4.17. The number of hydrogen-bond donors (Lipinski definition) is 0. The normalized spacial score (nSPS) is 10.4. The molecule has 71 valence electrons. The zero-order chi connectivity index (χ0) is 9.68. The summed E-state index contributed by atoms with van der Waals surface area (Å²) in [5.74, 6) is 0.823. The van der Waals surface area contributed by atoms with E-state index >= 15 is 0 Å². The molecule has 1 N–H and O–H groups in total. The van der Waals surface area contributed by atoms with Crippen molar-refractivity contribution in [1.29, 1.82) is 0 Å². The first-order chi connectivity index (χ1) is 6.18. The molecule has 0 atom stereocenters. The van der Waals surface area contributed by atoms with Gasteiger partial charge in [-0.1, -0.05) is 0 Å². The van der Waals surface area contributed by atoms with Gasteiger partial charge in [0.1, 0.15) is 0 Å². The summed E-state index contributed by atoms with van der Waals surface area (Å²) in [6.07, 6.45) is 0. The van der Waals surface area contributed by atoms with E-state index in [-0.39, 0.29) is 0 Å². The molecule has 0 heterocycles. The molecule has 1 aromatic carbocycles. The molecule has 0 fully saturated rings. The van der Waals surface area contributed by atoms with Crippen molar-refractivity contribution in [3.8, 4) is 5.75 Å². The van der Waals surface area contributed by atoms with Crippen molar-refractivity contribution in [3.63, 3.8) is 0 Å². The van der Waals surface area contributed by atoms with Crippen LogP contribution in [0.5, 0.6) is 5.75 Å². The molecule has 0 saturated carbocycles. The zero-order valence-electron chi connectivity index (χ0n) is 8.08. The maximum absolute atomic E-state index is 7.38. The minimum absolute atomic E-state index is 0.514. The second kappa shape index (κ2) is 5.18. The molecule has 13 heavy (non-hydrogen) atoms. The third kappa shape index (κ3) is 4.23. The Balaban J connectivity index is 2.37. The van der Waals surface area contributed by atoms with Gasteiger partial charge in [0.05, 0.1) is 0 Å². The molecular weight excluding hydrogens is 225 g/mol. The average molecular weight is 240 g/mol. The molecule has 0 aliphatic rings. The number of nitrogens with one attached hydrogen (secondary N) is 1. The monoisotopic (exact) mass is 240 g/mol. The molecule has 0 aliphatic heterocycles. The molecule has 0 aliphatic carbocycles. The minimum atomic E-state index is -0.554. The van der Waals surface area contributed by atoms with Crippen molar-refractivity contribution >= 4 is 20.3 Å². The summed E-state index contributed by atoms with van der Waals surface area (Å²) in [4.78, 5) is 0. The van der Waals surface area contributed by atoms with E-state index in [2.05, 4.69) is 11.4 Å². The molecule has 0 amide bonds. The van der Waals surface area contributed by atoms with Gasteiger partial charge in [0.15, 0.2) is 0 Å². The fraction of sp³-hybridized carbons (Fsp3) is 0.400. The Hall–Kier alpha value is -0.622. The number of hydrogen-bond acceptors (Lipinski definition) is 1. The third-order valence-corrected chi connectivity index (χ3v) is 3.90. The molecule has 0 spiro atoms. The van der Waals surface area contributed by atoms with Crippen LogP contribution in [-0.4, -0.2) is 21.3 Å². The van der Waals surface area contributed by atoms with Crippen LogP contribution < -0.4 is 10.5 Å². The van der Waals surface area contributed by atoms with E-state index in [9.17, 15) is 0 Å². The van der Waals surface area contributed by atoms with E-state index in [1.165, 1.54) is 5.21 Å². The molecule has 0 bridgehead atoms. The first kappa shape index (κ1) is 10.5. The van der Waals surface area contributed by atoms with Crippen molar-refractivity contribution in [2.24, 2.45) is 0 Å². The molecule has 1 rings (SSSR count). The molecule has 1 aromatic rings. The van der Waals surface area contributed by atoms with Gasteiger partial charge in [-0.15, -0.1) is 0 Å². The Bertz CT molecular complexity index is 263. The van der Waals surface area contributed by atoms with Gasteiger partial charge in [0.2, 0.25) is 0 Å². The quantitative estimate of drug-likeness (QED) is 0.745. The number of rotatable bonds is 4. The van der Waals surface area contributed by atoms with Crippen LogP contribution in [0, 0.1) is 0 Å². The molecule has 3 heteroatoms. The predicted molar refractivity (Wildman–Crippen MR) is 57.0 cm³/mol. The van der Waals surface area contributed by atoms with Crippen molar-refractivity contribution in [1.82, 2.24) is 5.73 Å². The van der Waals surface area contributed by atoms with Crippen LogP contribution in [0.1, 0.15) is 0 Å². The van der Waals surface area contributed by atoms with Crippen LogP contribution in [0.4, 0.5) is 5.69 Å². The standard InChI is InChI=1S/C10H15AsNO/c1-11(2)6-7-13-10-5-3-4-9(12)8-10/h3-5,8,12H,6-7H2,1-2H3. The van der Waals surface area contributed by atoms with E-state index in [1.807, 2.05) is 12.1 Å². The topological polar surface area (TPSA) is 33.0 Å². The average Bonchev–Trinajstić information content (AvgIpc) is 2.03. The van der Waals surface area contributed by atoms with Gasteiger partial charge < -0.3 is 0 Å². The van der Waals surface area contributed by atoms with Crippen molar-refractivity contribution in [3.05, 3.63) is 24.3 Å². The van der Waals surface area contributed by atoms with Gasteiger partial charge in [0, 0.05) is 0 Å². The fourth-order valence-electron chi connectivity index (χ4n) is 0.932. The molecule has 0 unspecified atom stereocenters. The van der Waals surface area contributed by atoms with Crippen molar-refractivity contribution in [2.45, 2.75) is 16.6 Å². The van der Waals surface area contributed by atoms with Crippen LogP contribution in [-0.2, 0) is 0 Å². The van der Waals surface area contributed by atoms with E-state index < -0.39 is 14.7 Å². The van der Waals surface area contributed by atoms with Crippen LogP contribution in [0.25, 0.3) is 0 Å². The van der Waals surface area contributed by atoms with Crippen LogP contribution >= 0.6 is 0 Å². The number of ether oxygens (including phenoxy) is 1.